The van der Waals surface area contributed by atoms with Gasteiger partial charge in [-0.1, -0.05) is 0 Å². The highest BCUT2D eigenvalue weighted by atomic mass is 15.2. The summed E-state index contributed by atoms with van der Waals surface area (Å²) < 4.78 is 0. The molecule has 1 aromatic rings. The molecule has 1 fully saturated rings. The molecule has 1 heterocycles. The molecule has 1 aromatic heterocycles. The Balaban J connectivity index is 2.14. The van der Waals surface area contributed by atoms with Gasteiger partial charge in [-0.25, -0.2) is 0 Å². The molecular formula is C12H19N3. The first-order valence-corrected chi connectivity index (χ1v) is 5.80. The van der Waals surface area contributed by atoms with Crippen molar-refractivity contribution in [2.24, 2.45) is 0 Å². The summed E-state index contributed by atoms with van der Waals surface area (Å²) in [6.45, 7) is 6.33. The van der Waals surface area contributed by atoms with Crippen molar-refractivity contribution < 1.29 is 0 Å². The minimum Gasteiger partial charge on any atom is -0.384 e. The molecule has 3 nitrogen and oxygen atoms in total. The minimum absolute atomic E-state index is 0.758. The molecule has 1 aliphatic carbocycles. The SMILES string of the molecule is CCNc1cncc(N(CC)C2CC2)c1. The molecule has 0 spiro atoms. The van der Waals surface area contributed by atoms with Crippen LogP contribution in [0.4, 0.5) is 11.4 Å². The molecule has 3 heteroatoms. The third-order valence-corrected chi connectivity index (χ3v) is 2.76. The molecule has 2 rings (SSSR count). The summed E-state index contributed by atoms with van der Waals surface area (Å²) in [5.74, 6) is 0. The van der Waals surface area contributed by atoms with Crippen molar-refractivity contribution in [1.29, 1.82) is 0 Å². The van der Waals surface area contributed by atoms with E-state index in [0.29, 0.717) is 0 Å². The molecule has 0 aromatic carbocycles. The Morgan fingerprint density at radius 1 is 1.40 bits per heavy atom. The fraction of sp³-hybridized carbons (Fsp3) is 0.583. The molecule has 1 saturated carbocycles. The van der Waals surface area contributed by atoms with Crippen LogP contribution in [0, 0.1) is 0 Å². The lowest BCUT2D eigenvalue weighted by Crippen LogP contribution is -2.25. The van der Waals surface area contributed by atoms with Crippen LogP contribution in [-0.2, 0) is 0 Å². The highest BCUT2D eigenvalue weighted by molar-refractivity contribution is 5.56. The minimum atomic E-state index is 0.758. The molecule has 0 radical (unpaired) electrons. The number of nitrogens with zero attached hydrogens (tertiary/aromatic N) is 2. The van der Waals surface area contributed by atoms with E-state index >= 15 is 0 Å². The van der Waals surface area contributed by atoms with Crippen LogP contribution < -0.4 is 10.2 Å². The van der Waals surface area contributed by atoms with E-state index in [4.69, 9.17) is 0 Å². The topological polar surface area (TPSA) is 28.2 Å². The molecule has 1 aliphatic rings. The van der Waals surface area contributed by atoms with Gasteiger partial charge in [0.1, 0.15) is 0 Å². The van der Waals surface area contributed by atoms with E-state index < -0.39 is 0 Å². The zero-order valence-corrected chi connectivity index (χ0v) is 9.53. The van der Waals surface area contributed by atoms with E-state index in [1.54, 1.807) is 0 Å². The van der Waals surface area contributed by atoms with Gasteiger partial charge in [0, 0.05) is 19.1 Å². The van der Waals surface area contributed by atoms with E-state index in [9.17, 15) is 0 Å². The lowest BCUT2D eigenvalue weighted by Gasteiger charge is -2.22. The van der Waals surface area contributed by atoms with Crippen molar-refractivity contribution in [3.63, 3.8) is 0 Å². The number of hydrogen-bond acceptors (Lipinski definition) is 3. The van der Waals surface area contributed by atoms with E-state index in [1.807, 2.05) is 12.4 Å². The quantitative estimate of drug-likeness (QED) is 0.800. The average Bonchev–Trinajstić information content (AvgIpc) is 3.04. The van der Waals surface area contributed by atoms with Crippen molar-refractivity contribution in [2.45, 2.75) is 32.7 Å². The highest BCUT2D eigenvalue weighted by Crippen LogP contribution is 2.31. The summed E-state index contributed by atoms with van der Waals surface area (Å²) in [5.41, 5.74) is 2.37. The van der Waals surface area contributed by atoms with Crippen LogP contribution in [0.3, 0.4) is 0 Å². The lowest BCUT2D eigenvalue weighted by atomic mass is 10.3. The molecule has 0 unspecified atom stereocenters. The van der Waals surface area contributed by atoms with Crippen LogP contribution >= 0.6 is 0 Å². The average molecular weight is 205 g/mol. The van der Waals surface area contributed by atoms with Gasteiger partial charge in [-0.15, -0.1) is 0 Å². The van der Waals surface area contributed by atoms with Gasteiger partial charge in [0.05, 0.1) is 23.8 Å². The third kappa shape index (κ3) is 2.41. The molecule has 1 N–H and O–H groups in total. The maximum Gasteiger partial charge on any atom is 0.0575 e. The van der Waals surface area contributed by atoms with Gasteiger partial charge in [-0.3, -0.25) is 4.98 Å². The first kappa shape index (κ1) is 10.3. The summed E-state index contributed by atoms with van der Waals surface area (Å²) in [5, 5.41) is 3.30. The first-order valence-electron chi connectivity index (χ1n) is 5.80. The van der Waals surface area contributed by atoms with E-state index in [0.717, 1.165) is 24.8 Å². The Bertz CT molecular complexity index is 320. The van der Waals surface area contributed by atoms with E-state index in [2.05, 4.69) is 35.1 Å². The maximum atomic E-state index is 4.28. The zero-order valence-electron chi connectivity index (χ0n) is 9.53. The molecule has 0 bridgehead atoms. The maximum absolute atomic E-state index is 4.28. The number of anilines is 2. The second-order valence-corrected chi connectivity index (χ2v) is 3.98. The van der Waals surface area contributed by atoms with Crippen LogP contribution in [-0.4, -0.2) is 24.1 Å². The Labute approximate surface area is 91.5 Å². The predicted molar refractivity (Wildman–Crippen MR) is 64.4 cm³/mol. The largest absolute Gasteiger partial charge is 0.384 e. The monoisotopic (exact) mass is 205 g/mol. The Morgan fingerprint density at radius 2 is 2.20 bits per heavy atom. The fourth-order valence-electron chi connectivity index (χ4n) is 1.92. The number of aromatic nitrogens is 1. The molecular weight excluding hydrogens is 186 g/mol. The standard InChI is InChI=1S/C12H19N3/c1-3-14-10-7-12(9-13-8-10)15(4-2)11-5-6-11/h7-9,11,14H,3-6H2,1-2H3. The van der Waals surface area contributed by atoms with Crippen molar-refractivity contribution in [3.8, 4) is 0 Å². The fourth-order valence-corrected chi connectivity index (χ4v) is 1.92. The van der Waals surface area contributed by atoms with Crippen molar-refractivity contribution >= 4 is 11.4 Å². The second-order valence-electron chi connectivity index (χ2n) is 3.98. The van der Waals surface area contributed by atoms with Crippen molar-refractivity contribution in [1.82, 2.24) is 4.98 Å². The summed E-state index contributed by atoms with van der Waals surface area (Å²) in [6.07, 6.45) is 6.51. The molecule has 0 saturated heterocycles. The van der Waals surface area contributed by atoms with Gasteiger partial charge >= 0.3 is 0 Å². The number of rotatable bonds is 5. The number of pyridine rings is 1. The zero-order chi connectivity index (χ0) is 10.7. The van der Waals surface area contributed by atoms with Crippen LogP contribution in [0.15, 0.2) is 18.5 Å². The highest BCUT2D eigenvalue weighted by Gasteiger charge is 2.28. The molecule has 15 heavy (non-hydrogen) atoms. The van der Waals surface area contributed by atoms with Gasteiger partial charge in [0.25, 0.3) is 0 Å². The van der Waals surface area contributed by atoms with Crippen LogP contribution in [0.2, 0.25) is 0 Å². The Hall–Kier alpha value is -1.25. The summed E-state index contributed by atoms with van der Waals surface area (Å²) >= 11 is 0. The van der Waals surface area contributed by atoms with Crippen LogP contribution in [0.1, 0.15) is 26.7 Å². The Morgan fingerprint density at radius 3 is 2.80 bits per heavy atom. The van der Waals surface area contributed by atoms with Crippen LogP contribution in [0.25, 0.3) is 0 Å². The van der Waals surface area contributed by atoms with Crippen LogP contribution in [0.5, 0.6) is 0 Å². The third-order valence-electron chi connectivity index (χ3n) is 2.76. The molecule has 0 aliphatic heterocycles. The first-order chi connectivity index (χ1) is 7.35. The molecule has 0 atom stereocenters. The number of hydrogen-bond donors (Lipinski definition) is 1. The molecule has 82 valence electrons. The Kier molecular flexibility index (Phi) is 3.09. The van der Waals surface area contributed by atoms with Gasteiger partial charge in [0.2, 0.25) is 0 Å². The predicted octanol–water partition coefficient (Wildman–Crippen LogP) is 2.50. The normalized spacial score (nSPS) is 15.1. The molecule has 0 amide bonds. The van der Waals surface area contributed by atoms with Crippen molar-refractivity contribution in [3.05, 3.63) is 18.5 Å². The lowest BCUT2D eigenvalue weighted by molar-refractivity contribution is 0.823. The smallest absolute Gasteiger partial charge is 0.0575 e. The van der Waals surface area contributed by atoms with E-state index in [1.165, 1.54) is 18.5 Å². The van der Waals surface area contributed by atoms with Crippen molar-refractivity contribution in [2.75, 3.05) is 23.3 Å². The summed E-state index contributed by atoms with van der Waals surface area (Å²) in [7, 11) is 0. The van der Waals surface area contributed by atoms with Gasteiger partial charge < -0.3 is 10.2 Å². The van der Waals surface area contributed by atoms with Gasteiger partial charge in [0.15, 0.2) is 0 Å². The summed E-state index contributed by atoms with van der Waals surface area (Å²) in [4.78, 5) is 6.72. The number of nitrogens with one attached hydrogen (secondary N) is 1. The van der Waals surface area contributed by atoms with E-state index in [-0.39, 0.29) is 0 Å². The van der Waals surface area contributed by atoms with Gasteiger partial charge in [-0.05, 0) is 32.8 Å². The summed E-state index contributed by atoms with van der Waals surface area (Å²) in [6, 6.07) is 2.95. The van der Waals surface area contributed by atoms with Gasteiger partial charge in [-0.2, -0.15) is 0 Å². The second kappa shape index (κ2) is 4.51.